The van der Waals surface area contributed by atoms with Gasteiger partial charge in [-0.1, -0.05) is 30.1 Å². The monoisotopic (exact) mass is 620 g/mol. The van der Waals surface area contributed by atoms with Crippen molar-refractivity contribution in [3.05, 3.63) is 71.8 Å². The lowest BCUT2D eigenvalue weighted by Gasteiger charge is -2.22. The largest absolute Gasteiger partial charge is 0.416 e. The van der Waals surface area contributed by atoms with Crippen LogP contribution in [0.25, 0.3) is 10.9 Å². The molecule has 2 aromatic carbocycles. The molecule has 40 heavy (non-hydrogen) atoms. The van der Waals surface area contributed by atoms with Crippen molar-refractivity contribution in [1.82, 2.24) is 19.4 Å². The molecule has 0 amide bonds. The zero-order valence-corrected chi connectivity index (χ0v) is 24.4. The van der Waals surface area contributed by atoms with E-state index in [9.17, 15) is 31.2 Å². The lowest BCUT2D eigenvalue weighted by Crippen LogP contribution is -2.36. The van der Waals surface area contributed by atoms with Gasteiger partial charge >= 0.3 is 11.9 Å². The van der Waals surface area contributed by atoms with Gasteiger partial charge < -0.3 is 9.88 Å². The molecule has 14 heteroatoms. The lowest BCUT2D eigenvalue weighted by molar-refractivity contribution is -0.138. The summed E-state index contributed by atoms with van der Waals surface area (Å²) < 4.78 is 68.6. The highest BCUT2D eigenvalue weighted by Gasteiger charge is 2.37. The number of hydrogen-bond donors (Lipinski definition) is 1. The van der Waals surface area contributed by atoms with Crippen LogP contribution >= 0.6 is 23.2 Å². The molecule has 4 rings (SSSR count). The molecule has 218 valence electrons. The van der Waals surface area contributed by atoms with Crippen molar-refractivity contribution in [1.29, 1.82) is 0 Å². The zero-order valence-electron chi connectivity index (χ0n) is 22.1. The summed E-state index contributed by atoms with van der Waals surface area (Å²) in [7, 11) is 0.110. The van der Waals surface area contributed by atoms with Crippen LogP contribution in [0.5, 0.6) is 0 Å². The molecule has 0 bridgehead atoms. The molecule has 1 atom stereocenters. The van der Waals surface area contributed by atoms with Crippen LogP contribution in [0.15, 0.2) is 38.8 Å². The number of H-pyrrole nitrogens is 1. The second kappa shape index (κ2) is 11.5. The number of halogens is 5. The van der Waals surface area contributed by atoms with Crippen LogP contribution in [-0.2, 0) is 29.1 Å². The average Bonchev–Trinajstić information content (AvgIpc) is 3.29. The second-order valence-corrected chi connectivity index (χ2v) is 13.3. The number of aromatic amines is 1. The third-order valence-corrected chi connectivity index (χ3v) is 9.55. The molecule has 3 aromatic rings. The number of likely N-dealkylation sites (tertiary alicyclic amines) is 1. The van der Waals surface area contributed by atoms with Gasteiger partial charge in [-0.2, -0.15) is 13.2 Å². The third-order valence-electron chi connectivity index (χ3n) is 7.07. The van der Waals surface area contributed by atoms with Crippen molar-refractivity contribution in [3.63, 3.8) is 0 Å². The fourth-order valence-electron chi connectivity index (χ4n) is 5.19. The van der Waals surface area contributed by atoms with Crippen molar-refractivity contribution in [2.24, 2.45) is 5.92 Å². The Bertz CT molecular complexity index is 1670. The first-order valence-electron chi connectivity index (χ1n) is 12.6. The molecule has 0 unspecified atom stereocenters. The van der Waals surface area contributed by atoms with E-state index in [1.165, 1.54) is 25.1 Å². The van der Waals surface area contributed by atoms with Gasteiger partial charge in [0.1, 0.15) is 0 Å². The summed E-state index contributed by atoms with van der Waals surface area (Å²) in [6.45, 7) is 2.79. The molecular weight excluding hydrogens is 592 g/mol. The Kier molecular flexibility index (Phi) is 8.77. The first-order valence-corrected chi connectivity index (χ1v) is 15.0. The van der Waals surface area contributed by atoms with E-state index in [-0.39, 0.29) is 43.9 Å². The number of alkyl halides is 3. The Morgan fingerprint density at radius 1 is 1.12 bits per heavy atom. The number of nitrogens with zero attached hydrogens (tertiary/aromatic N) is 3. The van der Waals surface area contributed by atoms with E-state index in [0.717, 1.165) is 13.0 Å². The molecule has 1 fully saturated rings. The maximum absolute atomic E-state index is 14.3. The summed E-state index contributed by atoms with van der Waals surface area (Å²) in [6.07, 6.45) is -4.00. The fraction of sp³-hybridized carbons (Fsp3) is 0.462. The molecule has 8 nitrogen and oxygen atoms in total. The highest BCUT2D eigenvalue weighted by molar-refractivity contribution is 7.91. The van der Waals surface area contributed by atoms with Crippen molar-refractivity contribution in [2.75, 3.05) is 39.5 Å². The zero-order chi connectivity index (χ0) is 29.6. The van der Waals surface area contributed by atoms with Crippen LogP contribution in [0.4, 0.5) is 13.2 Å². The van der Waals surface area contributed by atoms with Gasteiger partial charge in [0.2, 0.25) is 0 Å². The van der Waals surface area contributed by atoms with E-state index in [1.807, 2.05) is 23.9 Å². The molecule has 1 aliphatic heterocycles. The molecule has 0 radical (unpaired) electrons. The highest BCUT2D eigenvalue weighted by Crippen LogP contribution is 2.39. The van der Waals surface area contributed by atoms with Crippen molar-refractivity contribution in [2.45, 2.75) is 37.5 Å². The number of aromatic nitrogens is 2. The van der Waals surface area contributed by atoms with Crippen LogP contribution in [0.1, 0.15) is 30.0 Å². The SMILES string of the molecule is CCS(=O)(=O)c1ccc(Cl)cc1Cn1c(=O)[nH]c2c(Cl)c(CN3CC[C@H](CN(C)C)C3)c(C(F)(F)F)cc2c1=O. The number of fused-ring (bicyclic) bond motifs is 1. The van der Waals surface area contributed by atoms with E-state index in [0.29, 0.717) is 29.6 Å². The van der Waals surface area contributed by atoms with Crippen molar-refractivity contribution in [3.8, 4) is 0 Å². The second-order valence-electron chi connectivity index (χ2n) is 10.3. The van der Waals surface area contributed by atoms with Crippen molar-refractivity contribution < 1.29 is 21.6 Å². The first-order chi connectivity index (χ1) is 18.6. The Morgan fingerprint density at radius 3 is 2.45 bits per heavy atom. The lowest BCUT2D eigenvalue weighted by atomic mass is 10.0. The van der Waals surface area contributed by atoms with Gasteiger partial charge in [0.05, 0.1) is 38.7 Å². The summed E-state index contributed by atoms with van der Waals surface area (Å²) in [5, 5.41) is -0.620. The summed E-state index contributed by atoms with van der Waals surface area (Å²) in [5.74, 6) is 0.0497. The summed E-state index contributed by atoms with van der Waals surface area (Å²) in [4.78, 5) is 32.7. The predicted molar refractivity (Wildman–Crippen MR) is 149 cm³/mol. The van der Waals surface area contributed by atoms with Gasteiger partial charge in [-0.15, -0.1) is 0 Å². The smallest absolute Gasteiger partial charge is 0.309 e. The topological polar surface area (TPSA) is 95.5 Å². The molecule has 0 spiro atoms. The maximum Gasteiger partial charge on any atom is 0.416 e. The Hall–Kier alpha value is -2.38. The molecule has 0 aliphatic carbocycles. The number of rotatable bonds is 8. The minimum atomic E-state index is -4.82. The molecular formula is C26H29Cl2F3N4O4S. The van der Waals surface area contributed by atoms with Crippen LogP contribution in [0.3, 0.4) is 0 Å². The van der Waals surface area contributed by atoms with Gasteiger partial charge in [0, 0.05) is 24.7 Å². The molecule has 1 aliphatic rings. The minimum absolute atomic E-state index is 0.0568. The molecule has 1 aromatic heterocycles. The van der Waals surface area contributed by atoms with E-state index >= 15 is 0 Å². The number of sulfone groups is 1. The molecule has 1 N–H and O–H groups in total. The average molecular weight is 622 g/mol. The van der Waals surface area contributed by atoms with Gasteiger partial charge in [-0.3, -0.25) is 14.3 Å². The van der Waals surface area contributed by atoms with Crippen LogP contribution in [-0.4, -0.2) is 67.3 Å². The van der Waals surface area contributed by atoms with Crippen LogP contribution in [0, 0.1) is 5.92 Å². The predicted octanol–water partition coefficient (Wildman–Crippen LogP) is 4.24. The van der Waals surface area contributed by atoms with E-state index in [4.69, 9.17) is 23.2 Å². The maximum atomic E-state index is 14.3. The third kappa shape index (κ3) is 6.25. The minimum Gasteiger partial charge on any atom is -0.309 e. The number of benzene rings is 2. The normalized spacial score (nSPS) is 16.9. The first kappa shape index (κ1) is 30.6. The molecule has 1 saturated heterocycles. The Balaban J connectivity index is 1.83. The van der Waals surface area contributed by atoms with Gasteiger partial charge in [-0.25, -0.2) is 13.2 Å². The van der Waals surface area contributed by atoms with Crippen molar-refractivity contribution >= 4 is 43.9 Å². The standard InChI is InChI=1S/C26H29Cl2F3N4O4S/c1-4-40(38,39)21-6-5-17(27)9-16(21)13-35-24(36)18-10-20(26(29,30)31)19(22(28)23(18)32-25(35)37)14-34-8-7-15(12-34)11-33(2)3/h5-6,9-10,15H,4,7-8,11-14H2,1-3H3,(H,32,37)/t15-/m1/s1. The van der Waals surface area contributed by atoms with Gasteiger partial charge in [0.15, 0.2) is 9.84 Å². The Labute approximate surface area is 239 Å². The highest BCUT2D eigenvalue weighted by atomic mass is 35.5. The van der Waals surface area contributed by atoms with Gasteiger partial charge in [0.25, 0.3) is 5.56 Å². The summed E-state index contributed by atoms with van der Waals surface area (Å²) in [5.41, 5.74) is -3.41. The van der Waals surface area contributed by atoms with Gasteiger partial charge in [-0.05, 0) is 68.4 Å². The van der Waals surface area contributed by atoms with E-state index in [2.05, 4.69) is 4.98 Å². The summed E-state index contributed by atoms with van der Waals surface area (Å²) in [6, 6.07) is 4.64. The molecule has 2 heterocycles. The number of hydrogen-bond acceptors (Lipinski definition) is 6. The summed E-state index contributed by atoms with van der Waals surface area (Å²) >= 11 is 12.5. The van der Waals surface area contributed by atoms with E-state index < -0.39 is 44.8 Å². The fourth-order valence-corrected chi connectivity index (χ4v) is 6.81. The number of nitrogens with one attached hydrogen (secondary N) is 1. The molecule has 0 saturated carbocycles. The van der Waals surface area contributed by atoms with Crippen LogP contribution in [0.2, 0.25) is 10.0 Å². The Morgan fingerprint density at radius 2 is 1.82 bits per heavy atom. The van der Waals surface area contributed by atoms with Crippen LogP contribution < -0.4 is 11.2 Å². The quantitative estimate of drug-likeness (QED) is 0.405. The van der Waals surface area contributed by atoms with E-state index in [1.54, 1.807) is 0 Å².